The Hall–Kier alpha value is -1.31. The van der Waals surface area contributed by atoms with Gasteiger partial charge in [-0.3, -0.25) is 0 Å². The Kier molecular flexibility index (Phi) is 2.01. The Bertz CT molecular complexity index is 480. The van der Waals surface area contributed by atoms with E-state index in [1.165, 1.54) is 35.9 Å². The van der Waals surface area contributed by atoms with Gasteiger partial charge in [-0.2, -0.15) is 0 Å². The highest BCUT2D eigenvalue weighted by molar-refractivity contribution is 5.79. The Balaban J connectivity index is 1.85. The molecule has 15 heavy (non-hydrogen) atoms. The van der Waals surface area contributed by atoms with Crippen molar-refractivity contribution in [3.05, 3.63) is 29.6 Å². The molecule has 0 amide bonds. The molecule has 0 unspecified atom stereocenters. The lowest BCUT2D eigenvalue weighted by atomic mass is 10.1. The Morgan fingerprint density at radius 1 is 1.40 bits per heavy atom. The largest absolute Gasteiger partial charge is 0.346 e. The first-order valence-electron chi connectivity index (χ1n) is 5.76. The van der Waals surface area contributed by atoms with Crippen LogP contribution in [0, 0.1) is 12.8 Å². The number of aromatic nitrogens is 2. The van der Waals surface area contributed by atoms with Gasteiger partial charge in [-0.15, -0.1) is 0 Å². The third kappa shape index (κ3) is 1.76. The van der Waals surface area contributed by atoms with E-state index in [0.717, 1.165) is 18.0 Å². The lowest BCUT2D eigenvalue weighted by molar-refractivity contribution is 0.715. The Morgan fingerprint density at radius 3 is 3.07 bits per heavy atom. The van der Waals surface area contributed by atoms with Crippen LogP contribution in [-0.2, 0) is 6.42 Å². The number of H-pyrrole nitrogens is 1. The first kappa shape index (κ1) is 8.96. The molecule has 78 valence electrons. The van der Waals surface area contributed by atoms with Crippen LogP contribution in [0.3, 0.4) is 0 Å². The van der Waals surface area contributed by atoms with Crippen LogP contribution in [0.4, 0.5) is 0 Å². The van der Waals surface area contributed by atoms with Crippen LogP contribution in [0.2, 0.25) is 0 Å². The number of rotatable bonds is 3. The van der Waals surface area contributed by atoms with Crippen molar-refractivity contribution in [2.24, 2.45) is 5.92 Å². The second-order valence-electron chi connectivity index (χ2n) is 4.65. The summed E-state index contributed by atoms with van der Waals surface area (Å²) >= 11 is 0. The first-order chi connectivity index (χ1) is 7.33. The lowest BCUT2D eigenvalue weighted by Gasteiger charge is -1.99. The lowest BCUT2D eigenvalue weighted by Crippen LogP contribution is -1.91. The molecule has 0 aliphatic heterocycles. The van der Waals surface area contributed by atoms with Gasteiger partial charge in [0.1, 0.15) is 5.65 Å². The van der Waals surface area contributed by atoms with Crippen molar-refractivity contribution in [3.63, 3.8) is 0 Å². The molecule has 0 saturated heterocycles. The molecule has 1 saturated carbocycles. The van der Waals surface area contributed by atoms with Crippen LogP contribution in [0.15, 0.2) is 18.3 Å². The van der Waals surface area contributed by atoms with E-state index in [2.05, 4.69) is 29.0 Å². The fraction of sp³-hybridized carbons (Fsp3) is 0.462. The first-order valence-corrected chi connectivity index (χ1v) is 5.76. The SMILES string of the molecule is Cc1c[nH]c2nc(CCC3CC3)ccc12. The fourth-order valence-corrected chi connectivity index (χ4v) is 2.08. The molecule has 1 aliphatic carbocycles. The van der Waals surface area contributed by atoms with Crippen molar-refractivity contribution in [3.8, 4) is 0 Å². The number of nitrogens with one attached hydrogen (secondary N) is 1. The molecule has 2 heteroatoms. The third-order valence-corrected chi connectivity index (χ3v) is 3.31. The Labute approximate surface area is 89.7 Å². The van der Waals surface area contributed by atoms with Crippen molar-refractivity contribution in [1.82, 2.24) is 9.97 Å². The van der Waals surface area contributed by atoms with Crippen molar-refractivity contribution in [2.45, 2.75) is 32.6 Å². The summed E-state index contributed by atoms with van der Waals surface area (Å²) in [4.78, 5) is 7.86. The van der Waals surface area contributed by atoms with Crippen molar-refractivity contribution in [1.29, 1.82) is 0 Å². The average Bonchev–Trinajstić information content (AvgIpc) is 3.01. The summed E-state index contributed by atoms with van der Waals surface area (Å²) < 4.78 is 0. The van der Waals surface area contributed by atoms with Crippen LogP contribution in [0.25, 0.3) is 11.0 Å². The molecule has 2 aromatic heterocycles. The number of nitrogens with zero attached hydrogens (tertiary/aromatic N) is 1. The minimum atomic E-state index is 0.993. The second-order valence-corrected chi connectivity index (χ2v) is 4.65. The zero-order chi connectivity index (χ0) is 10.3. The summed E-state index contributed by atoms with van der Waals surface area (Å²) in [5, 5.41) is 1.25. The quantitative estimate of drug-likeness (QED) is 0.809. The highest BCUT2D eigenvalue weighted by Crippen LogP contribution is 2.33. The number of hydrogen-bond acceptors (Lipinski definition) is 1. The van der Waals surface area contributed by atoms with Gasteiger partial charge in [-0.05, 0) is 43.4 Å². The summed E-state index contributed by atoms with van der Waals surface area (Å²) in [6, 6.07) is 4.36. The maximum atomic E-state index is 4.64. The van der Waals surface area contributed by atoms with Gasteiger partial charge in [0, 0.05) is 17.3 Å². The predicted octanol–water partition coefficient (Wildman–Crippen LogP) is 3.21. The van der Waals surface area contributed by atoms with E-state index in [1.807, 2.05) is 6.20 Å². The van der Waals surface area contributed by atoms with Crippen LogP contribution < -0.4 is 0 Å². The van der Waals surface area contributed by atoms with E-state index in [4.69, 9.17) is 0 Å². The number of aryl methyl sites for hydroxylation is 2. The molecule has 0 bridgehead atoms. The summed E-state index contributed by atoms with van der Waals surface area (Å²) in [7, 11) is 0. The molecular weight excluding hydrogens is 184 g/mol. The molecule has 0 radical (unpaired) electrons. The maximum Gasteiger partial charge on any atom is 0.137 e. The topological polar surface area (TPSA) is 28.7 Å². The van der Waals surface area contributed by atoms with Crippen LogP contribution in [0.1, 0.15) is 30.5 Å². The van der Waals surface area contributed by atoms with E-state index >= 15 is 0 Å². The smallest absolute Gasteiger partial charge is 0.137 e. The number of aromatic amines is 1. The number of hydrogen-bond donors (Lipinski definition) is 1. The second kappa shape index (κ2) is 3.37. The molecule has 0 atom stereocenters. The predicted molar refractivity (Wildman–Crippen MR) is 61.9 cm³/mol. The number of fused-ring (bicyclic) bond motifs is 1. The standard InChI is InChI=1S/C13H16N2/c1-9-8-14-13-12(9)7-6-11(15-13)5-4-10-2-3-10/h6-8,10H,2-5H2,1H3,(H,14,15). The molecule has 1 aliphatic rings. The molecule has 2 nitrogen and oxygen atoms in total. The zero-order valence-corrected chi connectivity index (χ0v) is 9.09. The Morgan fingerprint density at radius 2 is 2.27 bits per heavy atom. The molecule has 0 aromatic carbocycles. The maximum absolute atomic E-state index is 4.64. The molecule has 3 rings (SSSR count). The van der Waals surface area contributed by atoms with Gasteiger partial charge in [0.2, 0.25) is 0 Å². The molecule has 1 fully saturated rings. The third-order valence-electron chi connectivity index (χ3n) is 3.31. The van der Waals surface area contributed by atoms with Crippen LogP contribution in [0.5, 0.6) is 0 Å². The zero-order valence-electron chi connectivity index (χ0n) is 9.09. The number of pyridine rings is 1. The molecule has 2 heterocycles. The van der Waals surface area contributed by atoms with Crippen molar-refractivity contribution >= 4 is 11.0 Å². The fourth-order valence-electron chi connectivity index (χ4n) is 2.08. The van der Waals surface area contributed by atoms with Gasteiger partial charge in [-0.1, -0.05) is 12.8 Å². The van der Waals surface area contributed by atoms with Gasteiger partial charge in [0.05, 0.1) is 0 Å². The van der Waals surface area contributed by atoms with Gasteiger partial charge >= 0.3 is 0 Å². The molecule has 2 aromatic rings. The van der Waals surface area contributed by atoms with E-state index in [1.54, 1.807) is 0 Å². The highest BCUT2D eigenvalue weighted by Gasteiger charge is 2.20. The van der Waals surface area contributed by atoms with Gasteiger partial charge in [0.25, 0.3) is 0 Å². The monoisotopic (exact) mass is 200 g/mol. The van der Waals surface area contributed by atoms with Crippen molar-refractivity contribution in [2.75, 3.05) is 0 Å². The minimum absolute atomic E-state index is 0.993. The average molecular weight is 200 g/mol. The van der Waals surface area contributed by atoms with E-state index in [9.17, 15) is 0 Å². The van der Waals surface area contributed by atoms with Crippen LogP contribution in [-0.4, -0.2) is 9.97 Å². The van der Waals surface area contributed by atoms with E-state index in [-0.39, 0.29) is 0 Å². The highest BCUT2D eigenvalue weighted by atomic mass is 14.8. The minimum Gasteiger partial charge on any atom is -0.346 e. The summed E-state index contributed by atoms with van der Waals surface area (Å²) in [5.41, 5.74) is 3.56. The molecular formula is C13H16N2. The summed E-state index contributed by atoms with van der Waals surface area (Å²) in [6.07, 6.45) is 7.35. The van der Waals surface area contributed by atoms with Crippen molar-refractivity contribution < 1.29 is 0 Å². The van der Waals surface area contributed by atoms with E-state index < -0.39 is 0 Å². The normalized spacial score (nSPS) is 16.1. The van der Waals surface area contributed by atoms with E-state index in [0.29, 0.717) is 0 Å². The van der Waals surface area contributed by atoms with Gasteiger partial charge in [-0.25, -0.2) is 4.98 Å². The van der Waals surface area contributed by atoms with Gasteiger partial charge in [0.15, 0.2) is 0 Å². The van der Waals surface area contributed by atoms with Gasteiger partial charge < -0.3 is 4.98 Å². The summed E-state index contributed by atoms with van der Waals surface area (Å²) in [6.45, 7) is 2.12. The van der Waals surface area contributed by atoms with Crippen LogP contribution >= 0.6 is 0 Å². The molecule has 1 N–H and O–H groups in total. The molecule has 0 spiro atoms. The summed E-state index contributed by atoms with van der Waals surface area (Å²) in [5.74, 6) is 0.993.